The van der Waals surface area contributed by atoms with Crippen molar-refractivity contribution >= 4 is 22.3 Å². The van der Waals surface area contributed by atoms with E-state index in [1.54, 1.807) is 11.0 Å². The average Bonchev–Trinajstić information content (AvgIpc) is 2.92. The highest BCUT2D eigenvalue weighted by atomic mass is 19.1. The van der Waals surface area contributed by atoms with Crippen LogP contribution < -0.4 is 15.3 Å². The molecule has 4 rings (SSSR count). The second-order valence-corrected chi connectivity index (χ2v) is 4.93. The van der Waals surface area contributed by atoms with Crippen LogP contribution in [-0.4, -0.2) is 11.8 Å². The first kappa shape index (κ1) is 12.7. The van der Waals surface area contributed by atoms with Crippen molar-refractivity contribution in [2.24, 2.45) is 0 Å². The summed E-state index contributed by atoms with van der Waals surface area (Å²) in [6.07, 6.45) is 0. The van der Waals surface area contributed by atoms with Crippen LogP contribution in [0, 0.1) is 5.82 Å². The monoisotopic (exact) mass is 299 g/mol. The number of anilines is 2. The Balaban J connectivity index is 1.91. The van der Waals surface area contributed by atoms with Gasteiger partial charge in [0.1, 0.15) is 17.0 Å². The van der Waals surface area contributed by atoms with Crippen molar-refractivity contribution in [3.05, 3.63) is 58.7 Å². The maximum Gasteiger partial charge on any atom is 0.360 e. The van der Waals surface area contributed by atoms with Crippen LogP contribution in [0.25, 0.3) is 11.0 Å². The molecule has 6 heteroatoms. The Morgan fingerprint density at radius 3 is 2.82 bits per heavy atom. The van der Waals surface area contributed by atoms with E-state index < -0.39 is 17.2 Å². The third kappa shape index (κ3) is 1.81. The summed E-state index contributed by atoms with van der Waals surface area (Å²) in [6, 6.07) is 11.0. The molecule has 22 heavy (non-hydrogen) atoms. The molecule has 5 nitrogen and oxygen atoms in total. The predicted molar refractivity (Wildman–Crippen MR) is 78.2 cm³/mol. The molecule has 0 atom stereocenters. The van der Waals surface area contributed by atoms with E-state index in [-0.39, 0.29) is 18.0 Å². The number of rotatable bonds is 1. The molecule has 3 aromatic rings. The highest BCUT2D eigenvalue weighted by molar-refractivity contribution is 5.83. The Kier molecular flexibility index (Phi) is 2.59. The third-order valence-electron chi connectivity index (χ3n) is 3.58. The Bertz CT molecular complexity index is 951. The number of aromatic hydroxyl groups is 1. The standard InChI is InChI=1S/C16H10FNO4/c17-10-5-9-6-12(16(20)22-15(9)7-13(10)19)18-8-21-14-4-2-1-3-11(14)18/h1-7,19H,8H2. The lowest BCUT2D eigenvalue weighted by atomic mass is 10.2. The first-order valence-corrected chi connectivity index (χ1v) is 6.59. The minimum absolute atomic E-state index is 0.126. The van der Waals surface area contributed by atoms with Gasteiger partial charge in [0.2, 0.25) is 0 Å². The topological polar surface area (TPSA) is 62.9 Å². The number of phenols is 1. The second-order valence-electron chi connectivity index (χ2n) is 4.93. The van der Waals surface area contributed by atoms with Gasteiger partial charge in [-0.2, -0.15) is 0 Å². The lowest BCUT2D eigenvalue weighted by Crippen LogP contribution is -2.21. The molecule has 0 amide bonds. The van der Waals surface area contributed by atoms with Crippen molar-refractivity contribution in [1.82, 2.24) is 0 Å². The Labute approximate surface area is 123 Å². The largest absolute Gasteiger partial charge is 0.505 e. The summed E-state index contributed by atoms with van der Waals surface area (Å²) in [7, 11) is 0. The first-order chi connectivity index (χ1) is 10.6. The maximum atomic E-state index is 13.5. The van der Waals surface area contributed by atoms with Gasteiger partial charge in [-0.05, 0) is 24.3 Å². The predicted octanol–water partition coefficient (Wildman–Crippen LogP) is 3.13. The smallest absolute Gasteiger partial charge is 0.360 e. The number of benzene rings is 2. The zero-order valence-electron chi connectivity index (χ0n) is 11.2. The minimum atomic E-state index is -0.773. The second kappa shape index (κ2) is 4.49. The summed E-state index contributed by atoms with van der Waals surface area (Å²) in [5, 5.41) is 9.74. The van der Waals surface area contributed by atoms with E-state index in [4.69, 9.17) is 9.15 Å². The van der Waals surface area contributed by atoms with Gasteiger partial charge in [-0.1, -0.05) is 12.1 Å². The molecule has 1 aliphatic heterocycles. The van der Waals surface area contributed by atoms with Gasteiger partial charge in [0.25, 0.3) is 0 Å². The number of hydrogen-bond donors (Lipinski definition) is 1. The molecule has 0 spiro atoms. The number of nitrogens with zero attached hydrogens (tertiary/aromatic N) is 1. The average molecular weight is 299 g/mol. The van der Waals surface area contributed by atoms with Crippen molar-refractivity contribution in [2.45, 2.75) is 0 Å². The summed E-state index contributed by atoms with van der Waals surface area (Å²) in [6.45, 7) is 0.177. The van der Waals surface area contributed by atoms with Crippen molar-refractivity contribution in [1.29, 1.82) is 0 Å². The molecule has 1 N–H and O–H groups in total. The summed E-state index contributed by atoms with van der Waals surface area (Å²) in [4.78, 5) is 13.8. The summed E-state index contributed by atoms with van der Waals surface area (Å²) >= 11 is 0. The molecular weight excluding hydrogens is 289 g/mol. The van der Waals surface area contributed by atoms with Crippen molar-refractivity contribution in [3.8, 4) is 11.5 Å². The fourth-order valence-corrected chi connectivity index (χ4v) is 2.51. The highest BCUT2D eigenvalue weighted by Crippen LogP contribution is 2.38. The first-order valence-electron chi connectivity index (χ1n) is 6.59. The molecule has 0 aliphatic carbocycles. The van der Waals surface area contributed by atoms with Gasteiger partial charge < -0.3 is 14.3 Å². The van der Waals surface area contributed by atoms with Crippen LogP contribution in [0.5, 0.6) is 11.5 Å². The van der Waals surface area contributed by atoms with Gasteiger partial charge >= 0.3 is 5.63 Å². The molecular formula is C16H10FNO4. The van der Waals surface area contributed by atoms with Gasteiger partial charge in [0.05, 0.1) is 5.69 Å². The number of ether oxygens (including phenoxy) is 1. The number of para-hydroxylation sites is 2. The van der Waals surface area contributed by atoms with E-state index >= 15 is 0 Å². The van der Waals surface area contributed by atoms with Crippen molar-refractivity contribution in [2.75, 3.05) is 11.6 Å². The molecule has 1 aromatic heterocycles. The van der Waals surface area contributed by atoms with Gasteiger partial charge in [0.15, 0.2) is 18.3 Å². The number of hydrogen-bond acceptors (Lipinski definition) is 5. The van der Waals surface area contributed by atoms with Crippen LogP contribution in [0.3, 0.4) is 0 Å². The van der Waals surface area contributed by atoms with Crippen LogP contribution in [0.2, 0.25) is 0 Å². The molecule has 0 bridgehead atoms. The molecule has 2 heterocycles. The highest BCUT2D eigenvalue weighted by Gasteiger charge is 2.24. The molecule has 110 valence electrons. The SMILES string of the molecule is O=c1oc2cc(O)c(F)cc2cc1N1COc2ccccc21. The molecule has 0 unspecified atom stereocenters. The van der Waals surface area contributed by atoms with Gasteiger partial charge in [0, 0.05) is 11.5 Å². The number of halogens is 1. The van der Waals surface area contributed by atoms with Gasteiger partial charge in [-0.3, -0.25) is 4.90 Å². The normalized spacial score (nSPS) is 13.2. The minimum Gasteiger partial charge on any atom is -0.505 e. The lowest BCUT2D eigenvalue weighted by molar-refractivity contribution is 0.356. The van der Waals surface area contributed by atoms with E-state index in [2.05, 4.69) is 0 Å². The fourth-order valence-electron chi connectivity index (χ4n) is 2.51. The van der Waals surface area contributed by atoms with Crippen molar-refractivity contribution in [3.63, 3.8) is 0 Å². The Morgan fingerprint density at radius 1 is 1.14 bits per heavy atom. The zero-order valence-corrected chi connectivity index (χ0v) is 11.2. The third-order valence-corrected chi connectivity index (χ3v) is 3.58. The van der Waals surface area contributed by atoms with Crippen LogP contribution in [0.1, 0.15) is 0 Å². The Morgan fingerprint density at radius 2 is 1.95 bits per heavy atom. The number of phenolic OH excluding ortho intramolecular Hbond substituents is 1. The molecule has 0 saturated carbocycles. The van der Waals surface area contributed by atoms with E-state index in [9.17, 15) is 14.3 Å². The van der Waals surface area contributed by atoms with E-state index in [1.165, 1.54) is 6.07 Å². The number of fused-ring (bicyclic) bond motifs is 2. The lowest BCUT2D eigenvalue weighted by Gasteiger charge is -2.15. The molecule has 0 saturated heterocycles. The van der Waals surface area contributed by atoms with E-state index in [1.807, 2.05) is 18.2 Å². The van der Waals surface area contributed by atoms with Crippen LogP contribution in [0.4, 0.5) is 15.8 Å². The summed E-state index contributed by atoms with van der Waals surface area (Å²) in [5.74, 6) is -0.664. The Hall–Kier alpha value is -3.02. The van der Waals surface area contributed by atoms with Gasteiger partial charge in [-0.25, -0.2) is 9.18 Å². The van der Waals surface area contributed by atoms with Crippen LogP contribution >= 0.6 is 0 Å². The molecule has 0 radical (unpaired) electrons. The van der Waals surface area contributed by atoms with Crippen LogP contribution in [0.15, 0.2) is 51.7 Å². The molecule has 1 aliphatic rings. The van der Waals surface area contributed by atoms with E-state index in [0.29, 0.717) is 11.1 Å². The van der Waals surface area contributed by atoms with E-state index in [0.717, 1.165) is 17.8 Å². The molecule has 2 aromatic carbocycles. The zero-order chi connectivity index (χ0) is 15.3. The molecule has 0 fully saturated rings. The van der Waals surface area contributed by atoms with Gasteiger partial charge in [-0.15, -0.1) is 0 Å². The van der Waals surface area contributed by atoms with Crippen molar-refractivity contribution < 1.29 is 18.7 Å². The maximum absolute atomic E-state index is 13.5. The quantitative estimate of drug-likeness (QED) is 0.699. The summed E-state index contributed by atoms with van der Waals surface area (Å²) in [5.41, 5.74) is 0.538. The summed E-state index contributed by atoms with van der Waals surface area (Å²) < 4.78 is 24.2. The van der Waals surface area contributed by atoms with Crippen LogP contribution in [-0.2, 0) is 0 Å². The fraction of sp³-hybridized carbons (Fsp3) is 0.0625.